The maximum absolute atomic E-state index is 12.4. The van der Waals surface area contributed by atoms with Crippen LogP contribution in [0, 0.1) is 5.92 Å². The predicted octanol–water partition coefficient (Wildman–Crippen LogP) is 5.71. The van der Waals surface area contributed by atoms with Crippen molar-refractivity contribution in [1.29, 1.82) is 0 Å². The number of carbonyl (C=O) groups excluding carboxylic acids is 1. The molecule has 2 aromatic carbocycles. The van der Waals surface area contributed by atoms with E-state index in [9.17, 15) is 4.79 Å². The van der Waals surface area contributed by atoms with Crippen molar-refractivity contribution in [2.75, 3.05) is 18.8 Å². The Morgan fingerprint density at radius 3 is 2.50 bits per heavy atom. The molecule has 2 nitrogen and oxygen atoms in total. The number of piperidine rings is 1. The highest BCUT2D eigenvalue weighted by Crippen LogP contribution is 2.26. The fraction of sp³-hybridized carbons (Fsp3) is 0.381. The molecule has 1 heterocycles. The molecule has 0 bridgehead atoms. The molecule has 0 unspecified atom stereocenters. The molecule has 26 heavy (non-hydrogen) atoms. The Morgan fingerprint density at radius 2 is 1.81 bits per heavy atom. The molecule has 0 atom stereocenters. The number of halogens is 2. The number of hydrogen-bond acceptors (Lipinski definition) is 2. The second kappa shape index (κ2) is 9.68. The van der Waals surface area contributed by atoms with Crippen LogP contribution in [0.25, 0.3) is 0 Å². The molecule has 1 fully saturated rings. The molecule has 1 saturated heterocycles. The van der Waals surface area contributed by atoms with Crippen LogP contribution in [0.4, 0.5) is 0 Å². The lowest BCUT2D eigenvalue weighted by atomic mass is 9.90. The van der Waals surface area contributed by atoms with Gasteiger partial charge in [0.2, 0.25) is 5.91 Å². The number of thioether (sulfide) groups is 1. The number of amides is 1. The van der Waals surface area contributed by atoms with Gasteiger partial charge in [-0.05, 0) is 48.4 Å². The SMILES string of the molecule is O=C(CSCc1ccc(Cl)cc1Cl)N1CCC(Cc2ccccc2)CC1. The first-order valence-corrected chi connectivity index (χ1v) is 10.9. The van der Waals surface area contributed by atoms with E-state index in [1.807, 2.05) is 17.0 Å². The summed E-state index contributed by atoms with van der Waals surface area (Å²) < 4.78 is 0. The highest BCUT2D eigenvalue weighted by molar-refractivity contribution is 7.99. The molecule has 138 valence electrons. The Morgan fingerprint density at radius 1 is 1.08 bits per heavy atom. The quantitative estimate of drug-likeness (QED) is 0.610. The molecule has 1 aliphatic heterocycles. The summed E-state index contributed by atoms with van der Waals surface area (Å²) in [7, 11) is 0. The van der Waals surface area contributed by atoms with Crippen LogP contribution in [0.5, 0.6) is 0 Å². The molecular weight excluding hydrogens is 385 g/mol. The number of likely N-dealkylation sites (tertiary alicyclic amines) is 1. The van der Waals surface area contributed by atoms with Gasteiger partial charge in [0.25, 0.3) is 0 Å². The van der Waals surface area contributed by atoms with Gasteiger partial charge in [0.05, 0.1) is 5.75 Å². The van der Waals surface area contributed by atoms with E-state index in [0.717, 1.165) is 43.7 Å². The topological polar surface area (TPSA) is 20.3 Å². The summed E-state index contributed by atoms with van der Waals surface area (Å²) in [4.78, 5) is 14.5. The molecule has 3 rings (SSSR count). The summed E-state index contributed by atoms with van der Waals surface area (Å²) in [5, 5.41) is 1.30. The van der Waals surface area contributed by atoms with Crippen molar-refractivity contribution in [2.45, 2.75) is 25.0 Å². The Labute approximate surface area is 169 Å². The molecule has 1 amide bonds. The lowest BCUT2D eigenvalue weighted by Gasteiger charge is -2.32. The van der Waals surface area contributed by atoms with Crippen molar-refractivity contribution in [1.82, 2.24) is 4.90 Å². The lowest BCUT2D eigenvalue weighted by Crippen LogP contribution is -2.39. The number of carbonyl (C=O) groups is 1. The molecule has 0 aliphatic carbocycles. The molecule has 0 spiro atoms. The van der Waals surface area contributed by atoms with E-state index < -0.39 is 0 Å². The number of hydrogen-bond donors (Lipinski definition) is 0. The predicted molar refractivity (Wildman–Crippen MR) is 112 cm³/mol. The summed E-state index contributed by atoms with van der Waals surface area (Å²) in [6.07, 6.45) is 3.30. The fourth-order valence-corrected chi connectivity index (χ4v) is 4.80. The summed E-state index contributed by atoms with van der Waals surface area (Å²) >= 11 is 13.7. The summed E-state index contributed by atoms with van der Waals surface area (Å²) in [6.45, 7) is 1.75. The zero-order valence-corrected chi connectivity index (χ0v) is 17.0. The largest absolute Gasteiger partial charge is 0.342 e. The van der Waals surface area contributed by atoms with E-state index in [1.54, 1.807) is 17.8 Å². The van der Waals surface area contributed by atoms with Gasteiger partial charge in [0.1, 0.15) is 0 Å². The third-order valence-corrected chi connectivity index (χ3v) is 6.39. The molecular formula is C21H23Cl2NOS. The van der Waals surface area contributed by atoms with Gasteiger partial charge in [0, 0.05) is 28.9 Å². The van der Waals surface area contributed by atoms with Crippen LogP contribution in [-0.4, -0.2) is 29.6 Å². The molecule has 0 aromatic heterocycles. The molecule has 0 radical (unpaired) electrons. The van der Waals surface area contributed by atoms with Gasteiger partial charge in [-0.3, -0.25) is 4.79 Å². The van der Waals surface area contributed by atoms with Crippen LogP contribution in [0.3, 0.4) is 0 Å². The normalized spacial score (nSPS) is 15.2. The first kappa shape index (κ1) is 19.6. The average Bonchev–Trinajstić information content (AvgIpc) is 2.65. The number of nitrogens with zero attached hydrogens (tertiary/aromatic N) is 1. The second-order valence-electron chi connectivity index (χ2n) is 6.74. The van der Waals surface area contributed by atoms with Crippen molar-refractivity contribution >= 4 is 40.9 Å². The van der Waals surface area contributed by atoms with Gasteiger partial charge >= 0.3 is 0 Å². The van der Waals surface area contributed by atoms with Crippen molar-refractivity contribution in [2.24, 2.45) is 5.92 Å². The Bertz CT molecular complexity index is 730. The van der Waals surface area contributed by atoms with Gasteiger partial charge in [-0.15, -0.1) is 11.8 Å². The summed E-state index contributed by atoms with van der Waals surface area (Å²) in [5.74, 6) is 2.15. The van der Waals surface area contributed by atoms with Crippen LogP contribution in [0.15, 0.2) is 48.5 Å². The van der Waals surface area contributed by atoms with Crippen LogP contribution < -0.4 is 0 Å². The Balaban J connectivity index is 1.39. The van der Waals surface area contributed by atoms with Gasteiger partial charge in [-0.25, -0.2) is 0 Å². The monoisotopic (exact) mass is 407 g/mol. The third-order valence-electron chi connectivity index (χ3n) is 4.83. The standard InChI is InChI=1S/C21H23Cl2NOS/c22-19-7-6-18(20(23)13-19)14-26-15-21(25)24-10-8-17(9-11-24)12-16-4-2-1-3-5-16/h1-7,13,17H,8-12,14-15H2. The van der Waals surface area contributed by atoms with E-state index in [1.165, 1.54) is 5.56 Å². The maximum Gasteiger partial charge on any atom is 0.232 e. The highest BCUT2D eigenvalue weighted by Gasteiger charge is 2.22. The van der Waals surface area contributed by atoms with E-state index in [4.69, 9.17) is 23.2 Å². The van der Waals surface area contributed by atoms with Crippen molar-refractivity contribution in [3.63, 3.8) is 0 Å². The molecule has 0 N–H and O–H groups in total. The average molecular weight is 408 g/mol. The van der Waals surface area contributed by atoms with Crippen LogP contribution in [0.2, 0.25) is 10.0 Å². The second-order valence-corrected chi connectivity index (χ2v) is 8.57. The van der Waals surface area contributed by atoms with Gasteiger partial charge in [0.15, 0.2) is 0 Å². The highest BCUT2D eigenvalue weighted by atomic mass is 35.5. The molecule has 0 saturated carbocycles. The third kappa shape index (κ3) is 5.67. The minimum absolute atomic E-state index is 0.234. The van der Waals surface area contributed by atoms with Crippen LogP contribution in [0.1, 0.15) is 24.0 Å². The van der Waals surface area contributed by atoms with E-state index in [-0.39, 0.29) is 5.91 Å². The van der Waals surface area contributed by atoms with Gasteiger partial charge in [-0.2, -0.15) is 0 Å². The zero-order chi connectivity index (χ0) is 18.4. The first-order valence-electron chi connectivity index (χ1n) is 8.95. The molecule has 5 heteroatoms. The number of benzene rings is 2. The summed E-state index contributed by atoms with van der Waals surface area (Å²) in [6, 6.07) is 16.1. The number of rotatable bonds is 6. The first-order chi connectivity index (χ1) is 12.6. The van der Waals surface area contributed by atoms with E-state index >= 15 is 0 Å². The van der Waals surface area contributed by atoms with Gasteiger partial charge in [-0.1, -0.05) is 59.6 Å². The van der Waals surface area contributed by atoms with Crippen LogP contribution in [-0.2, 0) is 17.0 Å². The van der Waals surface area contributed by atoms with Crippen molar-refractivity contribution < 1.29 is 4.79 Å². The Kier molecular flexibility index (Phi) is 7.30. The maximum atomic E-state index is 12.4. The minimum atomic E-state index is 0.234. The van der Waals surface area contributed by atoms with E-state index in [0.29, 0.717) is 21.7 Å². The van der Waals surface area contributed by atoms with Gasteiger partial charge < -0.3 is 4.90 Å². The van der Waals surface area contributed by atoms with E-state index in [2.05, 4.69) is 30.3 Å². The van der Waals surface area contributed by atoms with Crippen LogP contribution >= 0.6 is 35.0 Å². The zero-order valence-electron chi connectivity index (χ0n) is 14.7. The minimum Gasteiger partial charge on any atom is -0.342 e. The Hall–Kier alpha value is -1.16. The molecule has 2 aromatic rings. The molecule has 1 aliphatic rings. The lowest BCUT2D eigenvalue weighted by molar-refractivity contribution is -0.129. The summed E-state index contributed by atoms with van der Waals surface area (Å²) in [5.41, 5.74) is 2.42. The smallest absolute Gasteiger partial charge is 0.232 e. The fourth-order valence-electron chi connectivity index (χ4n) is 3.31. The van der Waals surface area contributed by atoms with Crippen molar-refractivity contribution in [3.8, 4) is 0 Å². The van der Waals surface area contributed by atoms with Crippen molar-refractivity contribution in [3.05, 3.63) is 69.7 Å².